The molecule has 184 valence electrons. The van der Waals surface area contributed by atoms with Gasteiger partial charge in [-0.1, -0.05) is 101 Å². The van der Waals surface area contributed by atoms with E-state index in [4.69, 9.17) is 4.74 Å². The van der Waals surface area contributed by atoms with Gasteiger partial charge in [0.1, 0.15) is 12.4 Å². The second-order valence-electron chi connectivity index (χ2n) is 8.50. The molecule has 0 heterocycles. The third-order valence-corrected chi connectivity index (χ3v) is 5.46. The zero-order valence-corrected chi connectivity index (χ0v) is 20.4. The Morgan fingerprint density at radius 3 is 2.29 bits per heavy atom. The smallest absolute Gasteiger partial charge is 0.259 e. The minimum atomic E-state index is -0.354. The molecule has 6 heteroatoms. The van der Waals surface area contributed by atoms with E-state index in [1.54, 1.807) is 6.21 Å². The van der Waals surface area contributed by atoms with Gasteiger partial charge in [-0.25, -0.2) is 5.43 Å². The van der Waals surface area contributed by atoms with Crippen molar-refractivity contribution in [2.24, 2.45) is 5.10 Å². The van der Waals surface area contributed by atoms with Crippen LogP contribution in [0.3, 0.4) is 0 Å². The number of nitrogens with one attached hydrogen (secondary N) is 2. The fourth-order valence-corrected chi connectivity index (χ4v) is 3.51. The molecule has 0 aromatic heterocycles. The first-order chi connectivity index (χ1) is 16.7. The highest BCUT2D eigenvalue weighted by atomic mass is 16.5. The first kappa shape index (κ1) is 27.1. The molecule has 2 N–H and O–H groups in total. The van der Waals surface area contributed by atoms with E-state index in [2.05, 4.69) is 22.8 Å². The molecule has 2 rings (SSSR count). The number of hydrazone groups is 1. The van der Waals surface area contributed by atoms with Crippen LogP contribution in [0, 0.1) is 0 Å². The zero-order chi connectivity index (χ0) is 24.3. The first-order valence-electron chi connectivity index (χ1n) is 12.5. The molecule has 0 spiro atoms. The zero-order valence-electron chi connectivity index (χ0n) is 20.4. The van der Waals surface area contributed by atoms with Crippen LogP contribution < -0.4 is 15.5 Å². The van der Waals surface area contributed by atoms with E-state index in [0.717, 1.165) is 29.7 Å². The van der Waals surface area contributed by atoms with Gasteiger partial charge in [0.25, 0.3) is 5.91 Å². The van der Waals surface area contributed by atoms with E-state index < -0.39 is 0 Å². The quantitative estimate of drug-likeness (QED) is 0.177. The van der Waals surface area contributed by atoms with Crippen molar-refractivity contribution in [2.75, 3.05) is 6.54 Å². The van der Waals surface area contributed by atoms with E-state index >= 15 is 0 Å². The lowest BCUT2D eigenvalue weighted by atomic mass is 10.1. The molecular formula is C28H39N3O3. The molecule has 0 fully saturated rings. The van der Waals surface area contributed by atoms with Crippen molar-refractivity contribution < 1.29 is 14.3 Å². The lowest BCUT2D eigenvalue weighted by Crippen LogP contribution is -2.34. The maximum Gasteiger partial charge on any atom is 0.259 e. The van der Waals surface area contributed by atoms with E-state index in [0.29, 0.717) is 13.0 Å². The van der Waals surface area contributed by atoms with Crippen LogP contribution in [0.25, 0.3) is 0 Å². The minimum Gasteiger partial charge on any atom is -0.489 e. The average molecular weight is 466 g/mol. The van der Waals surface area contributed by atoms with Gasteiger partial charge in [0.15, 0.2) is 0 Å². The Morgan fingerprint density at radius 2 is 1.56 bits per heavy atom. The number of ether oxygens (including phenoxy) is 1. The Kier molecular flexibility index (Phi) is 13.8. The molecule has 0 aliphatic rings. The molecule has 6 nitrogen and oxygen atoms in total. The van der Waals surface area contributed by atoms with Crippen LogP contribution in [-0.4, -0.2) is 24.6 Å². The summed E-state index contributed by atoms with van der Waals surface area (Å²) in [5.74, 6) is 0.279. The third-order valence-electron chi connectivity index (χ3n) is 5.46. The molecule has 0 radical (unpaired) electrons. The van der Waals surface area contributed by atoms with Crippen molar-refractivity contribution in [3.8, 4) is 5.75 Å². The summed E-state index contributed by atoms with van der Waals surface area (Å²) in [5.41, 5.74) is 4.34. The van der Waals surface area contributed by atoms with Crippen molar-refractivity contribution in [3.63, 3.8) is 0 Å². The van der Waals surface area contributed by atoms with Crippen molar-refractivity contribution in [1.29, 1.82) is 0 Å². The van der Waals surface area contributed by atoms with Crippen LogP contribution in [0.5, 0.6) is 5.75 Å². The van der Waals surface area contributed by atoms with Crippen molar-refractivity contribution in [2.45, 2.75) is 77.7 Å². The van der Waals surface area contributed by atoms with Crippen molar-refractivity contribution >= 4 is 18.0 Å². The summed E-state index contributed by atoms with van der Waals surface area (Å²) in [6.45, 7) is 2.64. The molecule has 2 aromatic carbocycles. The summed E-state index contributed by atoms with van der Waals surface area (Å²) >= 11 is 0. The van der Waals surface area contributed by atoms with Gasteiger partial charge in [-0.3, -0.25) is 9.59 Å². The number of hydrogen-bond acceptors (Lipinski definition) is 4. The predicted molar refractivity (Wildman–Crippen MR) is 138 cm³/mol. The summed E-state index contributed by atoms with van der Waals surface area (Å²) in [4.78, 5) is 23.8. The normalized spacial score (nSPS) is 10.9. The Balaban J connectivity index is 1.55. The molecule has 0 aliphatic heterocycles. The lowest BCUT2D eigenvalue weighted by molar-refractivity contribution is -0.126. The van der Waals surface area contributed by atoms with Crippen LogP contribution in [0.4, 0.5) is 0 Å². The molecule has 2 amide bonds. The van der Waals surface area contributed by atoms with E-state index in [1.165, 1.54) is 44.9 Å². The van der Waals surface area contributed by atoms with Crippen molar-refractivity contribution in [3.05, 3.63) is 65.7 Å². The highest BCUT2D eigenvalue weighted by molar-refractivity contribution is 5.86. The van der Waals surface area contributed by atoms with E-state index in [-0.39, 0.29) is 18.4 Å². The fourth-order valence-electron chi connectivity index (χ4n) is 3.51. The maximum atomic E-state index is 11.9. The summed E-state index contributed by atoms with van der Waals surface area (Å²) < 4.78 is 5.80. The number of carbonyl (C=O) groups excluding carboxylic acids is 2. The average Bonchev–Trinajstić information content (AvgIpc) is 2.86. The van der Waals surface area contributed by atoms with Crippen LogP contribution in [-0.2, 0) is 16.2 Å². The van der Waals surface area contributed by atoms with Crippen LogP contribution in [0.15, 0.2) is 59.7 Å². The Bertz CT molecular complexity index is 868. The SMILES string of the molecule is CCCCCCCCCCCC(=O)NCC(=O)N/N=C\c1cccc(OCc2ccccc2)c1. The number of carbonyl (C=O) groups is 2. The lowest BCUT2D eigenvalue weighted by Gasteiger charge is -2.07. The van der Waals surface area contributed by atoms with Crippen LogP contribution in [0.2, 0.25) is 0 Å². The minimum absolute atomic E-state index is 0.0756. The van der Waals surface area contributed by atoms with E-state index in [9.17, 15) is 9.59 Å². The van der Waals surface area contributed by atoms with Gasteiger partial charge in [-0.2, -0.15) is 5.10 Å². The molecule has 0 saturated carbocycles. The molecule has 0 saturated heterocycles. The van der Waals surface area contributed by atoms with Gasteiger partial charge < -0.3 is 10.1 Å². The second kappa shape index (κ2) is 17.3. The molecule has 34 heavy (non-hydrogen) atoms. The highest BCUT2D eigenvalue weighted by Gasteiger charge is 2.05. The highest BCUT2D eigenvalue weighted by Crippen LogP contribution is 2.14. The number of hydrogen-bond donors (Lipinski definition) is 2. The summed E-state index contributed by atoms with van der Waals surface area (Å²) in [7, 11) is 0. The molecule has 0 atom stereocenters. The molecule has 0 unspecified atom stereocenters. The Morgan fingerprint density at radius 1 is 0.853 bits per heavy atom. The van der Waals surface area contributed by atoms with Gasteiger partial charge in [0.05, 0.1) is 12.8 Å². The predicted octanol–water partition coefficient (Wildman–Crippen LogP) is 5.75. The standard InChI is InChI=1S/C28H39N3O3/c1-2-3-4-5-6-7-8-9-13-19-27(32)29-22-28(33)31-30-21-25-17-14-18-26(20-25)34-23-24-15-11-10-12-16-24/h10-12,14-18,20-21H,2-9,13,19,22-23H2,1H3,(H,29,32)(H,31,33)/b30-21-. The van der Waals surface area contributed by atoms with Gasteiger partial charge in [-0.15, -0.1) is 0 Å². The number of amides is 2. The second-order valence-corrected chi connectivity index (χ2v) is 8.50. The summed E-state index contributed by atoms with van der Waals surface area (Å²) in [6, 6.07) is 17.4. The number of nitrogens with zero attached hydrogens (tertiary/aromatic N) is 1. The van der Waals surface area contributed by atoms with Gasteiger partial charge >= 0.3 is 0 Å². The van der Waals surface area contributed by atoms with Gasteiger partial charge in [0, 0.05) is 6.42 Å². The van der Waals surface area contributed by atoms with Crippen LogP contribution in [0.1, 0.15) is 82.3 Å². The van der Waals surface area contributed by atoms with Gasteiger partial charge in [0.2, 0.25) is 5.91 Å². The summed E-state index contributed by atoms with van der Waals surface area (Å²) in [5, 5.41) is 6.62. The molecule has 0 bridgehead atoms. The van der Waals surface area contributed by atoms with Gasteiger partial charge in [-0.05, 0) is 29.7 Å². The number of benzene rings is 2. The van der Waals surface area contributed by atoms with Crippen LogP contribution >= 0.6 is 0 Å². The monoisotopic (exact) mass is 465 g/mol. The third kappa shape index (κ3) is 12.8. The summed E-state index contributed by atoms with van der Waals surface area (Å²) in [6.07, 6.45) is 12.9. The molecular weight excluding hydrogens is 426 g/mol. The maximum absolute atomic E-state index is 11.9. The van der Waals surface area contributed by atoms with E-state index in [1.807, 2.05) is 54.6 Å². The van der Waals surface area contributed by atoms with Crippen molar-refractivity contribution in [1.82, 2.24) is 10.7 Å². The number of rotatable bonds is 17. The first-order valence-corrected chi connectivity index (χ1v) is 12.5. The molecule has 2 aromatic rings. The molecule has 0 aliphatic carbocycles. The number of unbranched alkanes of at least 4 members (excludes halogenated alkanes) is 8. The largest absolute Gasteiger partial charge is 0.489 e. The Hall–Kier alpha value is -3.15. The topological polar surface area (TPSA) is 79.8 Å². The Labute approximate surface area is 204 Å². The fraction of sp³-hybridized carbons (Fsp3) is 0.464.